The van der Waals surface area contributed by atoms with Crippen LogP contribution in [0.4, 0.5) is 4.79 Å². The lowest BCUT2D eigenvalue weighted by molar-refractivity contribution is -0.585. The molecule has 0 saturated carbocycles. The third-order valence-corrected chi connectivity index (χ3v) is 1.70. The van der Waals surface area contributed by atoms with E-state index >= 15 is 0 Å². The van der Waals surface area contributed by atoms with Gasteiger partial charge in [0.25, 0.3) is 6.33 Å². The number of ether oxygens (including phenoxy) is 1. The van der Waals surface area contributed by atoms with Crippen molar-refractivity contribution in [2.24, 2.45) is 7.05 Å². The molecule has 0 N–H and O–H groups in total. The molecule has 4 nitrogen and oxygen atoms in total. The molecule has 0 atom stereocenters. The third-order valence-electron chi connectivity index (χ3n) is 1.70. The first-order chi connectivity index (χ1) is 6.24. The highest BCUT2D eigenvalue weighted by Crippen LogP contribution is 1.88. The van der Waals surface area contributed by atoms with E-state index in [2.05, 4.69) is 6.92 Å². The van der Waals surface area contributed by atoms with E-state index in [9.17, 15) is 4.79 Å². The van der Waals surface area contributed by atoms with Gasteiger partial charge in [0.1, 0.15) is 12.4 Å². The van der Waals surface area contributed by atoms with Crippen molar-refractivity contribution >= 4 is 6.09 Å². The van der Waals surface area contributed by atoms with Gasteiger partial charge in [-0.05, 0) is 6.42 Å². The molecule has 0 aliphatic rings. The Morgan fingerprint density at radius 3 is 2.92 bits per heavy atom. The minimum absolute atomic E-state index is 0.311. The van der Waals surface area contributed by atoms with Crippen LogP contribution in [-0.2, 0) is 11.8 Å². The lowest BCUT2D eigenvalue weighted by atomic mass is 10.4. The van der Waals surface area contributed by atoms with Crippen LogP contribution in [0.3, 0.4) is 0 Å². The Bertz CT molecular complexity index is 281. The van der Waals surface area contributed by atoms with Gasteiger partial charge in [-0.2, -0.15) is 4.79 Å². The number of carbonyl (C=O) groups is 1. The maximum absolute atomic E-state index is 11.3. The summed E-state index contributed by atoms with van der Waals surface area (Å²) in [5, 5.41) is 0. The minimum Gasteiger partial charge on any atom is -0.431 e. The van der Waals surface area contributed by atoms with Gasteiger partial charge in [-0.15, -0.1) is 4.57 Å². The molecule has 72 valence electrons. The van der Waals surface area contributed by atoms with E-state index in [1.807, 2.05) is 7.05 Å². The summed E-state index contributed by atoms with van der Waals surface area (Å²) in [5.41, 5.74) is 0. The molecule has 4 heteroatoms. The Hall–Kier alpha value is -1.32. The Morgan fingerprint density at radius 2 is 2.38 bits per heavy atom. The summed E-state index contributed by atoms with van der Waals surface area (Å²) >= 11 is 0. The van der Waals surface area contributed by atoms with Crippen molar-refractivity contribution in [3.8, 4) is 0 Å². The Morgan fingerprint density at radius 1 is 1.62 bits per heavy atom. The molecule has 1 heterocycles. The minimum atomic E-state index is -0.311. The van der Waals surface area contributed by atoms with E-state index in [4.69, 9.17) is 4.74 Å². The molecule has 0 aromatic carbocycles. The van der Waals surface area contributed by atoms with E-state index in [-0.39, 0.29) is 6.09 Å². The van der Waals surface area contributed by atoms with Gasteiger partial charge in [-0.3, -0.25) is 0 Å². The second kappa shape index (κ2) is 4.64. The summed E-state index contributed by atoms with van der Waals surface area (Å²) in [6.45, 7) is 2.56. The Balaban J connectivity index is 2.40. The van der Waals surface area contributed by atoms with Gasteiger partial charge in [0, 0.05) is 0 Å². The van der Waals surface area contributed by atoms with Crippen LogP contribution >= 0.6 is 0 Å². The zero-order chi connectivity index (χ0) is 9.68. The SMILES string of the molecule is CCCCOC(=O)[n+]1ccn(C)c1. The van der Waals surface area contributed by atoms with Crippen LogP contribution in [0.5, 0.6) is 0 Å². The summed E-state index contributed by atoms with van der Waals surface area (Å²) in [6, 6.07) is 0. The summed E-state index contributed by atoms with van der Waals surface area (Å²) in [7, 11) is 1.86. The highest BCUT2D eigenvalue weighted by Gasteiger charge is 2.11. The number of nitrogens with zero attached hydrogens (tertiary/aromatic N) is 2. The molecule has 0 spiro atoms. The number of aromatic nitrogens is 2. The maximum atomic E-state index is 11.3. The molecule has 0 bridgehead atoms. The molecule has 0 aliphatic heterocycles. The lowest BCUT2D eigenvalue weighted by Crippen LogP contribution is -2.41. The van der Waals surface area contributed by atoms with Gasteiger partial charge in [-0.25, -0.2) is 4.57 Å². The molecule has 1 rings (SSSR count). The number of imidazole rings is 1. The van der Waals surface area contributed by atoms with Crippen LogP contribution in [0.25, 0.3) is 0 Å². The third kappa shape index (κ3) is 2.89. The fraction of sp³-hybridized carbons (Fsp3) is 0.556. The van der Waals surface area contributed by atoms with Gasteiger partial charge in [0.2, 0.25) is 0 Å². The lowest BCUT2D eigenvalue weighted by Gasteiger charge is -1.98. The molecule has 0 radical (unpaired) electrons. The van der Waals surface area contributed by atoms with Crippen LogP contribution in [0.2, 0.25) is 0 Å². The topological polar surface area (TPSA) is 35.1 Å². The normalized spacial score (nSPS) is 10.0. The molecular weight excluding hydrogens is 168 g/mol. The highest BCUT2D eigenvalue weighted by atomic mass is 16.5. The zero-order valence-electron chi connectivity index (χ0n) is 8.06. The molecule has 0 fully saturated rings. The Kier molecular flexibility index (Phi) is 3.49. The van der Waals surface area contributed by atoms with E-state index < -0.39 is 0 Å². The second-order valence-corrected chi connectivity index (χ2v) is 2.95. The summed E-state index contributed by atoms with van der Waals surface area (Å²) < 4.78 is 8.21. The molecule has 0 unspecified atom stereocenters. The van der Waals surface area contributed by atoms with Crippen molar-refractivity contribution in [3.05, 3.63) is 18.7 Å². The van der Waals surface area contributed by atoms with E-state index in [0.29, 0.717) is 6.61 Å². The molecule has 1 aromatic heterocycles. The Labute approximate surface area is 77.7 Å². The number of rotatable bonds is 3. The van der Waals surface area contributed by atoms with Crippen LogP contribution < -0.4 is 4.57 Å². The van der Waals surface area contributed by atoms with Gasteiger partial charge < -0.3 is 4.74 Å². The predicted molar refractivity (Wildman–Crippen MR) is 47.3 cm³/mol. The standard InChI is InChI=1S/C9H15N2O2/c1-3-4-7-13-9(12)11-6-5-10(2)8-11/h5-6,8H,3-4,7H2,1-2H3/q+1. The van der Waals surface area contributed by atoms with Crippen molar-refractivity contribution in [3.63, 3.8) is 0 Å². The molecule has 0 amide bonds. The van der Waals surface area contributed by atoms with Crippen LogP contribution in [0.15, 0.2) is 18.7 Å². The second-order valence-electron chi connectivity index (χ2n) is 2.95. The molecule has 0 aliphatic carbocycles. The number of carbonyl (C=O) groups excluding carboxylic acids is 1. The number of unbranched alkanes of at least 4 members (excludes halogenated alkanes) is 1. The number of hydrogen-bond donors (Lipinski definition) is 0. The quantitative estimate of drug-likeness (QED) is 0.519. The summed E-state index contributed by atoms with van der Waals surface area (Å²) in [5.74, 6) is 0. The average molecular weight is 183 g/mol. The van der Waals surface area contributed by atoms with E-state index in [1.165, 1.54) is 4.57 Å². The summed E-state index contributed by atoms with van der Waals surface area (Å²) in [4.78, 5) is 11.3. The average Bonchev–Trinajstić information content (AvgIpc) is 2.52. The van der Waals surface area contributed by atoms with Crippen molar-refractivity contribution in [2.45, 2.75) is 19.8 Å². The first-order valence-electron chi connectivity index (χ1n) is 4.44. The van der Waals surface area contributed by atoms with Crippen LogP contribution in [0.1, 0.15) is 19.8 Å². The van der Waals surface area contributed by atoms with E-state index in [1.54, 1.807) is 23.3 Å². The monoisotopic (exact) mass is 183 g/mol. The molecule has 1 aromatic rings. The van der Waals surface area contributed by atoms with Gasteiger partial charge in [0.15, 0.2) is 0 Å². The van der Waals surface area contributed by atoms with Crippen LogP contribution in [-0.4, -0.2) is 17.3 Å². The zero-order valence-corrected chi connectivity index (χ0v) is 8.06. The maximum Gasteiger partial charge on any atom is 0.511 e. The summed E-state index contributed by atoms with van der Waals surface area (Å²) in [6.07, 6.45) is 6.78. The molecule has 13 heavy (non-hydrogen) atoms. The largest absolute Gasteiger partial charge is 0.511 e. The number of hydrogen-bond acceptors (Lipinski definition) is 2. The van der Waals surface area contributed by atoms with Crippen molar-refractivity contribution < 1.29 is 14.1 Å². The predicted octanol–water partition coefficient (Wildman–Crippen LogP) is 1.10. The first kappa shape index (κ1) is 9.77. The number of aryl methyl sites for hydroxylation is 1. The van der Waals surface area contributed by atoms with Crippen molar-refractivity contribution in [1.82, 2.24) is 4.57 Å². The molecular formula is C9H15N2O2+. The van der Waals surface area contributed by atoms with Crippen molar-refractivity contribution in [1.29, 1.82) is 0 Å². The molecule has 0 saturated heterocycles. The van der Waals surface area contributed by atoms with Gasteiger partial charge in [0.05, 0.1) is 13.7 Å². The van der Waals surface area contributed by atoms with E-state index in [0.717, 1.165) is 12.8 Å². The fourth-order valence-electron chi connectivity index (χ4n) is 0.937. The smallest absolute Gasteiger partial charge is 0.431 e. The highest BCUT2D eigenvalue weighted by molar-refractivity contribution is 5.56. The van der Waals surface area contributed by atoms with Crippen LogP contribution in [0, 0.1) is 0 Å². The van der Waals surface area contributed by atoms with Gasteiger partial charge in [-0.1, -0.05) is 13.3 Å². The van der Waals surface area contributed by atoms with Crippen molar-refractivity contribution in [2.75, 3.05) is 6.61 Å². The van der Waals surface area contributed by atoms with Gasteiger partial charge >= 0.3 is 6.09 Å². The first-order valence-corrected chi connectivity index (χ1v) is 4.44. The fourth-order valence-corrected chi connectivity index (χ4v) is 0.937.